The van der Waals surface area contributed by atoms with Crippen molar-refractivity contribution >= 4 is 40.5 Å². The van der Waals surface area contributed by atoms with Gasteiger partial charge in [0.1, 0.15) is 12.4 Å². The van der Waals surface area contributed by atoms with Crippen LogP contribution in [-0.4, -0.2) is 5.91 Å². The van der Waals surface area contributed by atoms with Gasteiger partial charge < -0.3 is 15.8 Å². The molecule has 116 valence electrons. The van der Waals surface area contributed by atoms with E-state index in [0.29, 0.717) is 27.2 Å². The van der Waals surface area contributed by atoms with Crippen molar-refractivity contribution < 1.29 is 9.53 Å². The molecule has 3 N–H and O–H groups in total. The van der Waals surface area contributed by atoms with Gasteiger partial charge in [-0.15, -0.1) is 0 Å². The van der Waals surface area contributed by atoms with Crippen LogP contribution >= 0.6 is 23.2 Å². The van der Waals surface area contributed by atoms with Gasteiger partial charge in [0.05, 0.1) is 5.69 Å². The van der Waals surface area contributed by atoms with Crippen LogP contribution in [0.25, 0.3) is 0 Å². The Morgan fingerprint density at radius 1 is 1.27 bits per heavy atom. The number of nitrogen functional groups attached to an aromatic ring is 1. The lowest BCUT2D eigenvalue weighted by Gasteiger charge is -2.16. The number of nitrogens with one attached hydrogen (secondary N) is 1. The summed E-state index contributed by atoms with van der Waals surface area (Å²) in [4.78, 5) is 11.3. The Morgan fingerprint density at radius 2 is 2.00 bits per heavy atom. The molecule has 0 heterocycles. The lowest BCUT2D eigenvalue weighted by atomic mass is 10.1. The van der Waals surface area contributed by atoms with Crippen LogP contribution in [0.1, 0.15) is 18.1 Å². The molecule has 0 saturated carbocycles. The number of rotatable bonds is 4. The maximum atomic E-state index is 11.3. The van der Waals surface area contributed by atoms with Gasteiger partial charge in [-0.25, -0.2) is 0 Å². The number of nitrogens with two attached hydrogens (primary N) is 1. The van der Waals surface area contributed by atoms with E-state index in [4.69, 9.17) is 33.7 Å². The van der Waals surface area contributed by atoms with Crippen LogP contribution in [0, 0.1) is 6.92 Å². The molecule has 2 aromatic rings. The molecule has 1 amide bonds. The van der Waals surface area contributed by atoms with Gasteiger partial charge in [-0.05, 0) is 36.8 Å². The summed E-state index contributed by atoms with van der Waals surface area (Å²) in [5.74, 6) is 0.370. The molecule has 0 unspecified atom stereocenters. The molecule has 0 aliphatic heterocycles. The Kier molecular flexibility index (Phi) is 5.16. The van der Waals surface area contributed by atoms with Crippen molar-refractivity contribution in [2.24, 2.45) is 0 Å². The zero-order valence-electron chi connectivity index (χ0n) is 12.2. The highest BCUT2D eigenvalue weighted by molar-refractivity contribution is 6.35. The van der Waals surface area contributed by atoms with Crippen LogP contribution in [0.2, 0.25) is 10.0 Å². The van der Waals surface area contributed by atoms with Crippen molar-refractivity contribution in [2.45, 2.75) is 20.5 Å². The second-order valence-electron chi connectivity index (χ2n) is 4.92. The number of carbonyl (C=O) groups excluding carboxylic acids is 1. The Hall–Kier alpha value is -1.91. The summed E-state index contributed by atoms with van der Waals surface area (Å²) >= 11 is 12.0. The normalized spacial score (nSPS) is 10.4. The molecule has 0 radical (unpaired) electrons. The van der Waals surface area contributed by atoms with Gasteiger partial charge in [-0.2, -0.15) is 0 Å². The van der Waals surface area contributed by atoms with Gasteiger partial charge in [0, 0.05) is 28.2 Å². The minimum absolute atomic E-state index is 0.195. The average Bonchev–Trinajstić information content (AvgIpc) is 2.39. The van der Waals surface area contributed by atoms with Crippen LogP contribution in [0.3, 0.4) is 0 Å². The fraction of sp³-hybridized carbons (Fsp3) is 0.188. The summed E-state index contributed by atoms with van der Waals surface area (Å²) in [6, 6.07) is 8.65. The number of benzene rings is 2. The number of hydrogen-bond acceptors (Lipinski definition) is 3. The van der Waals surface area contributed by atoms with E-state index in [1.165, 1.54) is 6.92 Å². The number of amides is 1. The average molecular weight is 339 g/mol. The monoisotopic (exact) mass is 338 g/mol. The first kappa shape index (κ1) is 16.5. The van der Waals surface area contributed by atoms with Crippen molar-refractivity contribution in [2.75, 3.05) is 11.1 Å². The first-order valence-electron chi connectivity index (χ1n) is 6.61. The predicted molar refractivity (Wildman–Crippen MR) is 90.7 cm³/mol. The van der Waals surface area contributed by atoms with E-state index in [1.807, 2.05) is 6.92 Å². The molecule has 6 heteroatoms. The van der Waals surface area contributed by atoms with Crippen LogP contribution in [0.15, 0.2) is 30.3 Å². The van der Waals surface area contributed by atoms with Gasteiger partial charge >= 0.3 is 0 Å². The van der Waals surface area contributed by atoms with E-state index >= 15 is 0 Å². The first-order valence-corrected chi connectivity index (χ1v) is 7.37. The second kappa shape index (κ2) is 6.90. The van der Waals surface area contributed by atoms with E-state index in [2.05, 4.69) is 5.32 Å². The van der Waals surface area contributed by atoms with Gasteiger partial charge in [0.25, 0.3) is 0 Å². The topological polar surface area (TPSA) is 64.4 Å². The number of aryl methyl sites for hydroxylation is 1. The number of ether oxygens (including phenoxy) is 1. The summed E-state index contributed by atoms with van der Waals surface area (Å²) < 4.78 is 5.83. The summed E-state index contributed by atoms with van der Waals surface area (Å²) in [5, 5.41) is 3.81. The second-order valence-corrected chi connectivity index (χ2v) is 5.76. The lowest BCUT2D eigenvalue weighted by molar-refractivity contribution is -0.114. The Morgan fingerprint density at radius 3 is 2.64 bits per heavy atom. The van der Waals surface area contributed by atoms with Crippen LogP contribution < -0.4 is 15.8 Å². The molecule has 0 saturated heterocycles. The maximum Gasteiger partial charge on any atom is 0.221 e. The zero-order chi connectivity index (χ0) is 16.3. The minimum Gasteiger partial charge on any atom is -0.486 e. The quantitative estimate of drug-likeness (QED) is 0.811. The minimum atomic E-state index is -0.195. The van der Waals surface area contributed by atoms with E-state index in [-0.39, 0.29) is 12.5 Å². The molecular formula is C16H16Cl2N2O2. The van der Waals surface area contributed by atoms with Gasteiger partial charge in [0.15, 0.2) is 0 Å². The standard InChI is InChI=1S/C16H16Cl2N2O2/c1-9-5-13(19)7-15(20-10(2)21)16(9)22-8-11-3-4-12(17)6-14(11)18/h3-7H,8,19H2,1-2H3,(H,20,21). The number of carbonyl (C=O) groups is 1. The molecule has 0 bridgehead atoms. The third kappa shape index (κ3) is 4.06. The lowest BCUT2D eigenvalue weighted by Crippen LogP contribution is -2.09. The smallest absolute Gasteiger partial charge is 0.221 e. The van der Waals surface area contributed by atoms with E-state index in [9.17, 15) is 4.79 Å². The molecular weight excluding hydrogens is 323 g/mol. The molecule has 2 aromatic carbocycles. The van der Waals surface area contributed by atoms with Crippen molar-refractivity contribution in [3.63, 3.8) is 0 Å². The Labute approximate surface area is 139 Å². The third-order valence-corrected chi connectivity index (χ3v) is 3.58. The summed E-state index contributed by atoms with van der Waals surface area (Å²) in [6.45, 7) is 3.55. The molecule has 2 rings (SSSR count). The fourth-order valence-electron chi connectivity index (χ4n) is 2.06. The largest absolute Gasteiger partial charge is 0.486 e. The van der Waals surface area contributed by atoms with E-state index < -0.39 is 0 Å². The summed E-state index contributed by atoms with van der Waals surface area (Å²) in [7, 11) is 0. The number of hydrogen-bond donors (Lipinski definition) is 2. The molecule has 0 aliphatic rings. The number of anilines is 2. The van der Waals surface area contributed by atoms with Crippen molar-refractivity contribution in [3.05, 3.63) is 51.5 Å². The van der Waals surface area contributed by atoms with Crippen LogP contribution in [0.5, 0.6) is 5.75 Å². The Balaban J connectivity index is 2.26. The summed E-state index contributed by atoms with van der Waals surface area (Å²) in [5.41, 5.74) is 8.53. The summed E-state index contributed by atoms with van der Waals surface area (Å²) in [6.07, 6.45) is 0. The van der Waals surface area contributed by atoms with Gasteiger partial charge in [-0.3, -0.25) is 4.79 Å². The molecule has 4 nitrogen and oxygen atoms in total. The molecule has 0 fully saturated rings. The SMILES string of the molecule is CC(=O)Nc1cc(N)cc(C)c1OCc1ccc(Cl)cc1Cl. The maximum absolute atomic E-state index is 11.3. The van der Waals surface area contributed by atoms with Gasteiger partial charge in [-0.1, -0.05) is 29.3 Å². The van der Waals surface area contributed by atoms with E-state index in [1.54, 1.807) is 30.3 Å². The van der Waals surface area contributed by atoms with E-state index in [0.717, 1.165) is 11.1 Å². The van der Waals surface area contributed by atoms with Crippen LogP contribution in [-0.2, 0) is 11.4 Å². The molecule has 0 aliphatic carbocycles. The fourth-order valence-corrected chi connectivity index (χ4v) is 2.53. The first-order chi connectivity index (χ1) is 10.4. The zero-order valence-corrected chi connectivity index (χ0v) is 13.8. The highest BCUT2D eigenvalue weighted by atomic mass is 35.5. The highest BCUT2D eigenvalue weighted by Gasteiger charge is 2.11. The Bertz CT molecular complexity index is 718. The van der Waals surface area contributed by atoms with Crippen molar-refractivity contribution in [3.8, 4) is 5.75 Å². The van der Waals surface area contributed by atoms with Gasteiger partial charge in [0.2, 0.25) is 5.91 Å². The molecule has 22 heavy (non-hydrogen) atoms. The molecule has 0 aromatic heterocycles. The number of halogens is 2. The van der Waals surface area contributed by atoms with Crippen LogP contribution in [0.4, 0.5) is 11.4 Å². The molecule has 0 atom stereocenters. The predicted octanol–water partition coefficient (Wildman–Crippen LogP) is 4.42. The highest BCUT2D eigenvalue weighted by Crippen LogP contribution is 2.33. The molecule has 0 spiro atoms. The third-order valence-electron chi connectivity index (χ3n) is 2.99. The van der Waals surface area contributed by atoms with Crippen molar-refractivity contribution in [1.82, 2.24) is 0 Å². The van der Waals surface area contributed by atoms with Crippen molar-refractivity contribution in [1.29, 1.82) is 0 Å².